The molecule has 1 unspecified atom stereocenters. The van der Waals surface area contributed by atoms with Crippen molar-refractivity contribution >= 4 is 11.8 Å². The minimum Gasteiger partial charge on any atom is -0.381 e. The molecule has 5 nitrogen and oxygen atoms in total. The summed E-state index contributed by atoms with van der Waals surface area (Å²) in [7, 11) is 0. The Morgan fingerprint density at radius 1 is 1.20 bits per heavy atom. The third-order valence-electron chi connectivity index (χ3n) is 3.63. The van der Waals surface area contributed by atoms with Gasteiger partial charge in [0.1, 0.15) is 11.6 Å². The van der Waals surface area contributed by atoms with Gasteiger partial charge in [-0.15, -0.1) is 0 Å². The molecule has 1 fully saturated rings. The van der Waals surface area contributed by atoms with Crippen LogP contribution in [-0.2, 0) is 14.3 Å². The Balaban J connectivity index is 2.50. The molecule has 0 spiro atoms. The number of rotatable bonds is 8. The Hall–Kier alpha value is -1.10. The zero-order valence-corrected chi connectivity index (χ0v) is 13.2. The molecule has 20 heavy (non-hydrogen) atoms. The molecule has 1 saturated heterocycles. The first-order chi connectivity index (χ1) is 9.44. The van der Waals surface area contributed by atoms with E-state index in [0.717, 1.165) is 25.9 Å². The van der Waals surface area contributed by atoms with Crippen molar-refractivity contribution in [2.24, 2.45) is 0 Å². The van der Waals surface area contributed by atoms with Crippen LogP contribution in [0, 0.1) is 0 Å². The van der Waals surface area contributed by atoms with Crippen LogP contribution >= 0.6 is 0 Å². The van der Waals surface area contributed by atoms with Gasteiger partial charge in [0.15, 0.2) is 0 Å². The maximum absolute atomic E-state index is 12.4. The van der Waals surface area contributed by atoms with Crippen molar-refractivity contribution in [2.45, 2.75) is 65.0 Å². The predicted molar refractivity (Wildman–Crippen MR) is 78.4 cm³/mol. The van der Waals surface area contributed by atoms with Crippen LogP contribution in [0.5, 0.6) is 0 Å². The number of ether oxygens (including phenoxy) is 1. The van der Waals surface area contributed by atoms with Crippen LogP contribution in [0.15, 0.2) is 0 Å². The van der Waals surface area contributed by atoms with Crippen LogP contribution in [0.25, 0.3) is 0 Å². The number of piperazine rings is 1. The quantitative estimate of drug-likeness (QED) is 0.690. The molecule has 1 aliphatic heterocycles. The number of amides is 2. The fraction of sp³-hybridized carbons (Fsp3) is 0.867. The van der Waals surface area contributed by atoms with E-state index in [1.807, 2.05) is 6.92 Å². The van der Waals surface area contributed by atoms with Gasteiger partial charge in [0.25, 0.3) is 0 Å². The van der Waals surface area contributed by atoms with Gasteiger partial charge >= 0.3 is 0 Å². The second kappa shape index (κ2) is 7.62. The maximum atomic E-state index is 12.4. The van der Waals surface area contributed by atoms with Crippen molar-refractivity contribution in [1.29, 1.82) is 0 Å². The molecule has 0 radical (unpaired) electrons. The van der Waals surface area contributed by atoms with Crippen molar-refractivity contribution in [3.05, 3.63) is 0 Å². The van der Waals surface area contributed by atoms with Crippen molar-refractivity contribution in [1.82, 2.24) is 10.2 Å². The summed E-state index contributed by atoms with van der Waals surface area (Å²) >= 11 is 0. The molecule has 1 rings (SSSR count). The van der Waals surface area contributed by atoms with Gasteiger partial charge in [0, 0.05) is 19.8 Å². The fourth-order valence-corrected chi connectivity index (χ4v) is 2.44. The fourth-order valence-electron chi connectivity index (χ4n) is 2.44. The summed E-state index contributed by atoms with van der Waals surface area (Å²) in [4.78, 5) is 26.1. The molecule has 1 N–H and O–H groups in total. The number of unbranched alkanes of at least 4 members (excludes halogenated alkanes) is 1. The lowest BCUT2D eigenvalue weighted by molar-refractivity contribution is -0.153. The highest BCUT2D eigenvalue weighted by molar-refractivity contribution is 5.99. The molecule has 116 valence electrons. The monoisotopic (exact) mass is 284 g/mol. The Kier molecular flexibility index (Phi) is 6.46. The smallest absolute Gasteiger partial charge is 0.248 e. The lowest BCUT2D eigenvalue weighted by atomic mass is 9.95. The number of carbonyl (C=O) groups is 2. The first kappa shape index (κ1) is 17.0. The van der Waals surface area contributed by atoms with Gasteiger partial charge in [-0.05, 0) is 33.1 Å². The summed E-state index contributed by atoms with van der Waals surface area (Å²) in [5.41, 5.74) is -0.800. The summed E-state index contributed by atoms with van der Waals surface area (Å²) < 4.78 is 5.51. The lowest BCUT2D eigenvalue weighted by Crippen LogP contribution is -2.68. The number of hydrogen-bond acceptors (Lipinski definition) is 3. The number of hydrogen-bond donors (Lipinski definition) is 1. The maximum Gasteiger partial charge on any atom is 0.248 e. The minimum atomic E-state index is -0.800. The van der Waals surface area contributed by atoms with Gasteiger partial charge in [0.2, 0.25) is 11.8 Å². The van der Waals surface area contributed by atoms with E-state index in [2.05, 4.69) is 12.2 Å². The molecule has 0 saturated carbocycles. The van der Waals surface area contributed by atoms with Crippen LogP contribution < -0.4 is 5.32 Å². The Labute approximate surface area is 122 Å². The number of carbonyl (C=O) groups excluding carboxylic acids is 2. The molecule has 0 aromatic rings. The Morgan fingerprint density at radius 3 is 2.45 bits per heavy atom. The summed E-state index contributed by atoms with van der Waals surface area (Å²) in [6.07, 6.45) is 3.60. The van der Waals surface area contributed by atoms with Crippen LogP contribution in [0.3, 0.4) is 0 Å². The van der Waals surface area contributed by atoms with Crippen LogP contribution in [-0.4, -0.2) is 48.1 Å². The predicted octanol–water partition coefficient (Wildman–Crippen LogP) is 1.71. The standard InChI is InChI=1S/C15H28N2O3/c1-5-7-10-20-11-8-9-17-12(6-2)13(18)16-15(3,4)14(17)19/h12H,5-11H2,1-4H3,(H,16,18). The topological polar surface area (TPSA) is 58.6 Å². The van der Waals surface area contributed by atoms with Gasteiger partial charge < -0.3 is 15.0 Å². The third-order valence-corrected chi connectivity index (χ3v) is 3.63. The lowest BCUT2D eigenvalue weighted by Gasteiger charge is -2.42. The molecule has 0 aromatic heterocycles. The van der Waals surface area contributed by atoms with E-state index in [1.54, 1.807) is 18.7 Å². The zero-order valence-electron chi connectivity index (χ0n) is 13.2. The molecule has 1 heterocycles. The molecule has 0 bridgehead atoms. The second-order valence-electron chi connectivity index (χ2n) is 5.86. The first-order valence-electron chi connectivity index (χ1n) is 7.64. The van der Waals surface area contributed by atoms with E-state index < -0.39 is 5.54 Å². The highest BCUT2D eigenvalue weighted by Gasteiger charge is 2.43. The third kappa shape index (κ3) is 4.20. The van der Waals surface area contributed by atoms with E-state index in [1.165, 1.54) is 0 Å². The second-order valence-corrected chi connectivity index (χ2v) is 5.86. The molecule has 0 aliphatic carbocycles. The van der Waals surface area contributed by atoms with Crippen LogP contribution in [0.4, 0.5) is 0 Å². The molecule has 1 aliphatic rings. The van der Waals surface area contributed by atoms with E-state index in [0.29, 0.717) is 19.6 Å². The average Bonchev–Trinajstić information content (AvgIpc) is 2.38. The van der Waals surface area contributed by atoms with Crippen LogP contribution in [0.2, 0.25) is 0 Å². The van der Waals surface area contributed by atoms with E-state index in [4.69, 9.17) is 4.74 Å². The molecule has 2 amide bonds. The minimum absolute atomic E-state index is 0.00231. The van der Waals surface area contributed by atoms with E-state index in [9.17, 15) is 9.59 Å². The van der Waals surface area contributed by atoms with Gasteiger partial charge in [-0.25, -0.2) is 0 Å². The number of nitrogens with one attached hydrogen (secondary N) is 1. The normalized spacial score (nSPS) is 22.0. The Morgan fingerprint density at radius 2 is 1.85 bits per heavy atom. The first-order valence-corrected chi connectivity index (χ1v) is 7.64. The summed E-state index contributed by atoms with van der Waals surface area (Å²) in [6.45, 7) is 9.56. The average molecular weight is 284 g/mol. The number of nitrogens with zero attached hydrogens (tertiary/aromatic N) is 1. The van der Waals surface area contributed by atoms with E-state index >= 15 is 0 Å². The Bertz CT molecular complexity index is 342. The summed E-state index contributed by atoms with van der Waals surface area (Å²) in [5.74, 6) is -0.0542. The van der Waals surface area contributed by atoms with Crippen molar-refractivity contribution in [3.8, 4) is 0 Å². The van der Waals surface area contributed by atoms with Crippen molar-refractivity contribution in [3.63, 3.8) is 0 Å². The molecular weight excluding hydrogens is 256 g/mol. The highest BCUT2D eigenvalue weighted by Crippen LogP contribution is 2.20. The van der Waals surface area contributed by atoms with Gasteiger partial charge in [-0.1, -0.05) is 20.3 Å². The molecule has 5 heteroatoms. The van der Waals surface area contributed by atoms with Gasteiger partial charge in [-0.3, -0.25) is 9.59 Å². The van der Waals surface area contributed by atoms with E-state index in [-0.39, 0.29) is 17.9 Å². The molecule has 0 aromatic carbocycles. The van der Waals surface area contributed by atoms with Crippen molar-refractivity contribution < 1.29 is 14.3 Å². The molecule has 1 atom stereocenters. The van der Waals surface area contributed by atoms with Gasteiger partial charge in [-0.2, -0.15) is 0 Å². The van der Waals surface area contributed by atoms with Gasteiger partial charge in [0.05, 0.1) is 0 Å². The zero-order chi connectivity index (χ0) is 15.2. The van der Waals surface area contributed by atoms with Crippen molar-refractivity contribution in [2.75, 3.05) is 19.8 Å². The summed E-state index contributed by atoms with van der Waals surface area (Å²) in [6, 6.07) is -0.342. The van der Waals surface area contributed by atoms with Crippen LogP contribution in [0.1, 0.15) is 53.4 Å². The molecular formula is C15H28N2O3. The largest absolute Gasteiger partial charge is 0.381 e. The highest BCUT2D eigenvalue weighted by atomic mass is 16.5. The SMILES string of the molecule is CCCCOCCCN1C(=O)C(C)(C)NC(=O)C1CC. The summed E-state index contributed by atoms with van der Waals surface area (Å²) in [5, 5.41) is 2.79.